The van der Waals surface area contributed by atoms with Gasteiger partial charge in [-0.15, -0.1) is 11.3 Å². The fourth-order valence-electron chi connectivity index (χ4n) is 7.73. The topological polar surface area (TPSA) is 100 Å². The maximum absolute atomic E-state index is 17.2. The highest BCUT2D eigenvalue weighted by Gasteiger charge is 2.74. The number of carbonyl (C=O) groups excluding carboxylic acids is 2. The van der Waals surface area contributed by atoms with Gasteiger partial charge in [-0.1, -0.05) is 30.3 Å². The van der Waals surface area contributed by atoms with E-state index in [9.17, 15) is 19.8 Å². The van der Waals surface area contributed by atoms with Crippen LogP contribution in [-0.4, -0.2) is 54.9 Å². The van der Waals surface area contributed by atoms with Crippen LogP contribution in [0.25, 0.3) is 10.3 Å². The highest BCUT2D eigenvalue weighted by Crippen LogP contribution is 2.69. The number of aliphatic hydroxyl groups is 2. The Bertz CT molecular complexity index is 1310. The maximum atomic E-state index is 17.2. The van der Waals surface area contributed by atoms with Crippen molar-refractivity contribution in [1.82, 2.24) is 9.97 Å². The molecule has 0 saturated heterocycles. The van der Waals surface area contributed by atoms with Crippen LogP contribution in [0.1, 0.15) is 46.0 Å². The Morgan fingerprint density at radius 3 is 2.89 bits per heavy atom. The zero-order valence-electron chi connectivity index (χ0n) is 20.2. The maximum Gasteiger partial charge on any atom is 0.178 e. The minimum Gasteiger partial charge on any atom is -0.390 e. The average molecular weight is 529 g/mol. The van der Waals surface area contributed by atoms with Gasteiger partial charge >= 0.3 is 0 Å². The second-order valence-corrected chi connectivity index (χ2v) is 13.4. The van der Waals surface area contributed by atoms with E-state index >= 15 is 4.39 Å². The summed E-state index contributed by atoms with van der Waals surface area (Å²) in [7, 11) is 0. The van der Waals surface area contributed by atoms with Crippen LogP contribution in [0.3, 0.4) is 0 Å². The molecular weight excluding hydrogens is 499 g/mol. The number of aromatic nitrogens is 2. The van der Waals surface area contributed by atoms with Gasteiger partial charge in [0, 0.05) is 22.9 Å². The Hall–Kier alpha value is -1.94. The first-order chi connectivity index (χ1) is 17.0. The van der Waals surface area contributed by atoms with Crippen LogP contribution in [0.15, 0.2) is 46.5 Å². The van der Waals surface area contributed by atoms with Crippen LogP contribution in [-0.2, 0) is 9.59 Å². The number of hydrogen-bond donors (Lipinski definition) is 2. The van der Waals surface area contributed by atoms with Gasteiger partial charge in [0.05, 0.1) is 16.6 Å². The van der Waals surface area contributed by atoms with E-state index in [1.165, 1.54) is 35.3 Å². The number of fused-ring (bicyclic) bond motifs is 6. The lowest BCUT2D eigenvalue weighted by Crippen LogP contribution is -2.69. The predicted octanol–water partition coefficient (Wildman–Crippen LogP) is 4.45. The van der Waals surface area contributed by atoms with Crippen LogP contribution < -0.4 is 0 Å². The van der Waals surface area contributed by atoms with Crippen LogP contribution in [0.4, 0.5) is 4.39 Å². The highest BCUT2D eigenvalue weighted by atomic mass is 32.2. The molecule has 2 aromatic heterocycles. The lowest BCUT2D eigenvalue weighted by atomic mass is 9.44. The molecule has 36 heavy (non-hydrogen) atoms. The van der Waals surface area contributed by atoms with E-state index in [0.29, 0.717) is 29.2 Å². The van der Waals surface area contributed by atoms with Crippen LogP contribution in [0.5, 0.6) is 0 Å². The second kappa shape index (κ2) is 8.03. The molecule has 0 bridgehead atoms. The smallest absolute Gasteiger partial charge is 0.178 e. The first kappa shape index (κ1) is 24.4. The Balaban J connectivity index is 1.27. The van der Waals surface area contributed by atoms with E-state index in [4.69, 9.17) is 0 Å². The summed E-state index contributed by atoms with van der Waals surface area (Å²) in [6.45, 7) is 3.63. The number of allylic oxidation sites excluding steroid dienone is 4. The Morgan fingerprint density at radius 2 is 2.11 bits per heavy atom. The van der Waals surface area contributed by atoms with Crippen molar-refractivity contribution in [2.75, 3.05) is 5.75 Å². The number of thiazole rings is 1. The lowest BCUT2D eigenvalue weighted by Gasteiger charge is -2.62. The molecule has 4 unspecified atom stereocenters. The summed E-state index contributed by atoms with van der Waals surface area (Å²) in [5, 5.41) is 23.2. The number of Topliss-reactive ketones (excluding diaryl/α,β-unsaturated/α-hetero) is 1. The van der Waals surface area contributed by atoms with Gasteiger partial charge in [-0.25, -0.2) is 14.4 Å². The van der Waals surface area contributed by atoms with Crippen molar-refractivity contribution in [1.29, 1.82) is 0 Å². The van der Waals surface area contributed by atoms with E-state index in [1.807, 2.05) is 19.1 Å². The first-order valence-electron chi connectivity index (χ1n) is 12.4. The highest BCUT2D eigenvalue weighted by molar-refractivity contribution is 8.01. The zero-order chi connectivity index (χ0) is 25.5. The number of nitrogens with zero attached hydrogens (tertiary/aromatic N) is 2. The number of ketones is 2. The lowest BCUT2D eigenvalue weighted by molar-refractivity contribution is -0.216. The summed E-state index contributed by atoms with van der Waals surface area (Å²) in [4.78, 5) is 34.2. The molecule has 7 atom stereocenters. The third-order valence-electron chi connectivity index (χ3n) is 9.73. The number of aliphatic hydroxyl groups excluding tert-OH is 1. The van der Waals surface area contributed by atoms with Gasteiger partial charge in [-0.05, 0) is 69.2 Å². The van der Waals surface area contributed by atoms with Crippen molar-refractivity contribution in [3.8, 4) is 0 Å². The molecule has 2 heterocycles. The standard InChI is InChI=1S/C27H29FN2O4S2/c1-24-9-7-16(31)12-15(24)5-6-18-17-8-10-26(34,25(17,2)13-20(32)27(18,24)28)21(33)14-35-23-30-22-19(36-23)4-3-11-29-22/h3-4,7,9,11-12,17-18,20,32,34H,5-6,8,10,13-14H2,1-2H3/t17?,18?,20-,24?,25?,26-,27-/m0/s1. The minimum absolute atomic E-state index is 0.00666. The van der Waals surface area contributed by atoms with Crippen molar-refractivity contribution in [2.45, 2.75) is 67.7 Å². The normalized spacial score (nSPS) is 41.5. The number of carbonyl (C=O) groups is 2. The van der Waals surface area contributed by atoms with Crippen LogP contribution in [0.2, 0.25) is 0 Å². The summed E-state index contributed by atoms with van der Waals surface area (Å²) in [6.07, 6.45) is 6.66. The molecule has 9 heteroatoms. The molecule has 0 radical (unpaired) electrons. The van der Waals surface area contributed by atoms with Crippen molar-refractivity contribution in [3.05, 3.63) is 42.1 Å². The van der Waals surface area contributed by atoms with E-state index < -0.39 is 34.1 Å². The van der Waals surface area contributed by atoms with E-state index in [0.717, 1.165) is 10.3 Å². The van der Waals surface area contributed by atoms with Gasteiger partial charge in [0.15, 0.2) is 27.2 Å². The van der Waals surface area contributed by atoms with E-state index in [1.54, 1.807) is 19.2 Å². The average Bonchev–Trinajstić information content (AvgIpc) is 3.38. The van der Waals surface area contributed by atoms with Gasteiger partial charge in [-0.2, -0.15) is 0 Å². The van der Waals surface area contributed by atoms with Gasteiger partial charge in [0.25, 0.3) is 0 Å². The van der Waals surface area contributed by atoms with Crippen LogP contribution in [0, 0.1) is 22.7 Å². The molecule has 2 aromatic rings. The van der Waals surface area contributed by atoms with Crippen molar-refractivity contribution in [3.63, 3.8) is 0 Å². The largest absolute Gasteiger partial charge is 0.390 e. The Morgan fingerprint density at radius 1 is 1.31 bits per heavy atom. The molecule has 3 saturated carbocycles. The minimum atomic E-state index is -1.96. The summed E-state index contributed by atoms with van der Waals surface area (Å²) in [5.74, 6) is -1.16. The molecule has 3 fully saturated rings. The monoisotopic (exact) mass is 528 g/mol. The third-order valence-corrected chi connectivity index (χ3v) is 11.9. The second-order valence-electron chi connectivity index (χ2n) is 11.2. The summed E-state index contributed by atoms with van der Waals surface area (Å²) in [6, 6.07) is 3.77. The number of pyridine rings is 1. The fraction of sp³-hybridized carbons (Fsp3) is 0.556. The molecule has 6 nitrogen and oxygen atoms in total. The number of rotatable bonds is 4. The number of halogens is 1. The molecule has 0 amide bonds. The molecular formula is C27H29FN2O4S2. The first-order valence-corrected chi connectivity index (χ1v) is 14.2. The molecule has 0 aromatic carbocycles. The molecule has 4 aliphatic rings. The van der Waals surface area contributed by atoms with Gasteiger partial charge < -0.3 is 10.2 Å². The molecule has 2 N–H and O–H groups in total. The van der Waals surface area contributed by atoms with E-state index in [2.05, 4.69) is 9.97 Å². The Labute approximate surface area is 217 Å². The summed E-state index contributed by atoms with van der Waals surface area (Å²) >= 11 is 2.75. The SMILES string of the molecule is CC12C[C@H](O)[C@@]3(F)C(CCC4=CC(=O)C=CC43C)C1CC[C@]2(O)C(=O)CSc1nc2ncccc2s1. The summed E-state index contributed by atoms with van der Waals surface area (Å²) in [5.41, 5.74) is -4.26. The number of alkyl halides is 1. The quantitative estimate of drug-likeness (QED) is 0.566. The third kappa shape index (κ3) is 3.09. The van der Waals surface area contributed by atoms with E-state index in [-0.39, 0.29) is 36.1 Å². The molecule has 190 valence electrons. The number of thioether (sulfide) groups is 1. The van der Waals surface area contributed by atoms with Crippen molar-refractivity contribution < 1.29 is 24.2 Å². The fourth-order valence-corrected chi connectivity index (χ4v) is 9.71. The molecule has 4 aliphatic carbocycles. The zero-order valence-corrected chi connectivity index (χ0v) is 21.9. The molecule has 6 rings (SSSR count). The summed E-state index contributed by atoms with van der Waals surface area (Å²) < 4.78 is 18.8. The van der Waals surface area contributed by atoms with Gasteiger partial charge in [-0.3, -0.25) is 9.59 Å². The van der Waals surface area contributed by atoms with Crippen LogP contribution >= 0.6 is 23.1 Å². The predicted molar refractivity (Wildman–Crippen MR) is 136 cm³/mol. The number of hydrogen-bond acceptors (Lipinski definition) is 8. The van der Waals surface area contributed by atoms with Gasteiger partial charge in [0.1, 0.15) is 5.60 Å². The van der Waals surface area contributed by atoms with Gasteiger partial charge in [0.2, 0.25) is 0 Å². The Kier molecular flexibility index (Phi) is 5.44. The molecule has 0 aliphatic heterocycles. The molecule has 0 spiro atoms. The van der Waals surface area contributed by atoms with Crippen molar-refractivity contribution >= 4 is 45.0 Å². The van der Waals surface area contributed by atoms with Crippen molar-refractivity contribution in [2.24, 2.45) is 22.7 Å².